The molecule has 0 heterocycles. The highest BCUT2D eigenvalue weighted by atomic mass is 19.4. The summed E-state index contributed by atoms with van der Waals surface area (Å²) in [5.74, 6) is -1.28. The number of ether oxygens (including phenoxy) is 1. The number of alkyl halides is 3. The molecule has 1 fully saturated rings. The number of rotatable bonds is 13. The molecule has 8 nitrogen and oxygen atoms in total. The number of carbonyl (C=O) groups excluding carboxylic acids is 2. The molecule has 0 bridgehead atoms. The van der Waals surface area contributed by atoms with E-state index < -0.39 is 29.6 Å². The van der Waals surface area contributed by atoms with Gasteiger partial charge in [-0.3, -0.25) is 14.5 Å². The molecule has 0 spiro atoms. The third-order valence-corrected chi connectivity index (χ3v) is 8.00. The minimum absolute atomic E-state index is 0.0113. The van der Waals surface area contributed by atoms with Gasteiger partial charge < -0.3 is 20.5 Å². The van der Waals surface area contributed by atoms with Crippen LogP contribution in [0.3, 0.4) is 0 Å². The minimum atomic E-state index is -4.68. The number of benzene rings is 3. The quantitative estimate of drug-likeness (QED) is 0.163. The Morgan fingerprint density at radius 2 is 1.65 bits per heavy atom. The van der Waals surface area contributed by atoms with Crippen LogP contribution in [0.2, 0.25) is 0 Å². The summed E-state index contributed by atoms with van der Waals surface area (Å²) in [5, 5.41) is 14.0. The molecular formula is C35H40F3N3O5. The molecular weight excluding hydrogens is 599 g/mol. The van der Waals surface area contributed by atoms with E-state index in [1.54, 1.807) is 24.3 Å². The number of urea groups is 1. The lowest BCUT2D eigenvalue weighted by atomic mass is 9.84. The Kier molecular flexibility index (Phi) is 12.1. The normalized spacial score (nSPS) is 13.6. The first-order valence-corrected chi connectivity index (χ1v) is 15.7. The van der Waals surface area contributed by atoms with Gasteiger partial charge in [-0.1, -0.05) is 56.9 Å². The highest BCUT2D eigenvalue weighted by molar-refractivity contribution is 6.02. The van der Waals surface area contributed by atoms with Crippen molar-refractivity contribution >= 4 is 29.3 Å². The lowest BCUT2D eigenvalue weighted by Gasteiger charge is -2.26. The first-order chi connectivity index (χ1) is 22.0. The van der Waals surface area contributed by atoms with Crippen molar-refractivity contribution in [3.8, 4) is 5.75 Å². The van der Waals surface area contributed by atoms with Crippen molar-refractivity contribution < 1.29 is 37.4 Å². The number of nitrogens with one attached hydrogen (secondary N) is 2. The number of carboxylic acid groups (broad SMARTS) is 1. The van der Waals surface area contributed by atoms with Crippen LogP contribution in [0.25, 0.3) is 0 Å². The first kappa shape index (κ1) is 34.3. The number of unbranched alkanes of at least 4 members (excludes halogenated alkanes) is 1. The molecule has 0 radical (unpaired) electrons. The Morgan fingerprint density at radius 3 is 2.28 bits per heavy atom. The van der Waals surface area contributed by atoms with Crippen LogP contribution < -0.4 is 20.3 Å². The van der Waals surface area contributed by atoms with Gasteiger partial charge in [0.05, 0.1) is 25.1 Å². The molecule has 3 N–H and O–H groups in total. The summed E-state index contributed by atoms with van der Waals surface area (Å²) < 4.78 is 47.1. The van der Waals surface area contributed by atoms with Gasteiger partial charge in [0.1, 0.15) is 5.75 Å². The van der Waals surface area contributed by atoms with Crippen molar-refractivity contribution in [2.24, 2.45) is 0 Å². The molecule has 0 unspecified atom stereocenters. The number of halogens is 3. The summed E-state index contributed by atoms with van der Waals surface area (Å²) in [6, 6.07) is 17.0. The topological polar surface area (TPSA) is 108 Å². The van der Waals surface area contributed by atoms with Crippen LogP contribution in [0.15, 0.2) is 66.7 Å². The second-order valence-corrected chi connectivity index (χ2v) is 11.5. The maximum atomic E-state index is 13.9. The van der Waals surface area contributed by atoms with Gasteiger partial charge in [0.25, 0.3) is 5.91 Å². The number of hydrogen-bond donors (Lipinski definition) is 3. The summed E-state index contributed by atoms with van der Waals surface area (Å²) in [6.07, 6.45) is 2.31. The van der Waals surface area contributed by atoms with Crippen LogP contribution in [0, 0.1) is 0 Å². The van der Waals surface area contributed by atoms with E-state index in [1.165, 1.54) is 41.9 Å². The fourth-order valence-electron chi connectivity index (χ4n) is 5.44. The van der Waals surface area contributed by atoms with Crippen molar-refractivity contribution in [2.75, 3.05) is 23.4 Å². The number of nitrogens with zero attached hydrogens (tertiary/aromatic N) is 1. The predicted molar refractivity (Wildman–Crippen MR) is 170 cm³/mol. The van der Waals surface area contributed by atoms with E-state index in [1.807, 2.05) is 31.2 Å². The van der Waals surface area contributed by atoms with Crippen LogP contribution in [-0.2, 0) is 17.5 Å². The lowest BCUT2D eigenvalue weighted by molar-refractivity contribution is -0.139. The lowest BCUT2D eigenvalue weighted by Crippen LogP contribution is -2.34. The summed E-state index contributed by atoms with van der Waals surface area (Å²) in [5.41, 5.74) is 1.74. The number of anilines is 2. The van der Waals surface area contributed by atoms with Gasteiger partial charge in [0.2, 0.25) is 0 Å². The van der Waals surface area contributed by atoms with Gasteiger partial charge in [0.15, 0.2) is 0 Å². The van der Waals surface area contributed by atoms with Crippen molar-refractivity contribution in [3.63, 3.8) is 0 Å². The van der Waals surface area contributed by atoms with Crippen molar-refractivity contribution in [1.82, 2.24) is 5.32 Å². The Balaban J connectivity index is 1.56. The molecule has 1 saturated carbocycles. The monoisotopic (exact) mass is 639 g/mol. The van der Waals surface area contributed by atoms with Crippen LogP contribution in [0.4, 0.5) is 29.3 Å². The molecule has 0 aromatic heterocycles. The third kappa shape index (κ3) is 9.73. The number of amides is 3. The average Bonchev–Trinajstić information content (AvgIpc) is 3.04. The second kappa shape index (κ2) is 16.1. The van der Waals surface area contributed by atoms with Gasteiger partial charge in [-0.05, 0) is 78.8 Å². The van der Waals surface area contributed by atoms with E-state index in [2.05, 4.69) is 10.6 Å². The smallest absolute Gasteiger partial charge is 0.420 e. The second-order valence-electron chi connectivity index (χ2n) is 11.5. The van der Waals surface area contributed by atoms with E-state index in [0.29, 0.717) is 29.2 Å². The molecule has 3 aromatic rings. The van der Waals surface area contributed by atoms with E-state index in [9.17, 15) is 27.6 Å². The summed E-state index contributed by atoms with van der Waals surface area (Å²) in [6.45, 7) is 2.12. The van der Waals surface area contributed by atoms with Gasteiger partial charge in [0, 0.05) is 23.5 Å². The molecule has 4 rings (SSSR count). The Bertz CT molecular complexity index is 1470. The SMILES string of the molecule is CCCCOc1ccc(NC(=O)N(Cc2ccc(C(=O)NCCC(=O)O)cc2)c2ccc(C3CCCCC3)cc2)cc1C(F)(F)F. The van der Waals surface area contributed by atoms with Gasteiger partial charge >= 0.3 is 18.2 Å². The molecule has 0 saturated heterocycles. The maximum absolute atomic E-state index is 13.9. The Hall–Kier alpha value is -4.54. The Morgan fingerprint density at radius 1 is 0.957 bits per heavy atom. The maximum Gasteiger partial charge on any atom is 0.420 e. The van der Waals surface area contributed by atoms with Crippen LogP contribution in [0.1, 0.15) is 91.3 Å². The summed E-state index contributed by atoms with van der Waals surface area (Å²) in [4.78, 5) is 38.2. The third-order valence-electron chi connectivity index (χ3n) is 8.00. The Labute approximate surface area is 266 Å². The molecule has 0 atom stereocenters. The fraction of sp³-hybridized carbons (Fsp3) is 0.400. The number of hydrogen-bond acceptors (Lipinski definition) is 4. The molecule has 11 heteroatoms. The molecule has 3 amide bonds. The van der Waals surface area contributed by atoms with Crippen molar-refractivity contribution in [1.29, 1.82) is 0 Å². The zero-order valence-corrected chi connectivity index (χ0v) is 25.9. The van der Waals surface area contributed by atoms with Gasteiger partial charge in [-0.15, -0.1) is 0 Å². The highest BCUT2D eigenvalue weighted by Gasteiger charge is 2.35. The van der Waals surface area contributed by atoms with Crippen LogP contribution >= 0.6 is 0 Å². The summed E-state index contributed by atoms with van der Waals surface area (Å²) in [7, 11) is 0. The number of carboxylic acids is 1. The molecule has 46 heavy (non-hydrogen) atoms. The standard InChI is InChI=1S/C35H40F3N3O5/c1-2-3-21-46-31-18-15-28(22-30(31)35(36,37)38)40-34(45)41(29-16-13-26(14-17-29)25-7-5-4-6-8-25)23-24-9-11-27(12-10-24)33(44)39-20-19-32(42)43/h9-18,22,25H,2-8,19-21,23H2,1H3,(H,39,44)(H,40,45)(H,42,43). The van der Waals surface area contributed by atoms with E-state index in [0.717, 1.165) is 25.3 Å². The van der Waals surface area contributed by atoms with E-state index in [-0.39, 0.29) is 37.6 Å². The average molecular weight is 640 g/mol. The molecule has 3 aromatic carbocycles. The first-order valence-electron chi connectivity index (χ1n) is 15.7. The predicted octanol–water partition coefficient (Wildman–Crippen LogP) is 8.38. The summed E-state index contributed by atoms with van der Waals surface area (Å²) >= 11 is 0. The fourth-order valence-corrected chi connectivity index (χ4v) is 5.44. The van der Waals surface area contributed by atoms with Crippen LogP contribution in [0.5, 0.6) is 5.75 Å². The van der Waals surface area contributed by atoms with Crippen molar-refractivity contribution in [2.45, 2.75) is 76.9 Å². The zero-order valence-electron chi connectivity index (χ0n) is 25.9. The molecule has 246 valence electrons. The van der Waals surface area contributed by atoms with Crippen LogP contribution in [-0.4, -0.2) is 36.2 Å². The van der Waals surface area contributed by atoms with Gasteiger partial charge in [-0.25, -0.2) is 4.79 Å². The van der Waals surface area contributed by atoms with E-state index in [4.69, 9.17) is 9.84 Å². The largest absolute Gasteiger partial charge is 0.493 e. The van der Waals surface area contributed by atoms with E-state index >= 15 is 0 Å². The van der Waals surface area contributed by atoms with Crippen molar-refractivity contribution in [3.05, 3.63) is 89.0 Å². The zero-order chi connectivity index (χ0) is 33.1. The highest BCUT2D eigenvalue weighted by Crippen LogP contribution is 2.38. The molecule has 0 aliphatic heterocycles. The molecule has 1 aliphatic rings. The minimum Gasteiger partial charge on any atom is -0.493 e. The molecule has 1 aliphatic carbocycles. The number of aliphatic carboxylic acids is 1. The van der Waals surface area contributed by atoms with Gasteiger partial charge in [-0.2, -0.15) is 13.2 Å². The number of carbonyl (C=O) groups is 3.